The van der Waals surface area contributed by atoms with Gasteiger partial charge in [0, 0.05) is 23.2 Å². The number of halogens is 1. The largest absolute Gasteiger partial charge is 0.497 e. The number of nitrogens with zero attached hydrogens (tertiary/aromatic N) is 1. The molecule has 0 saturated carbocycles. The molecule has 3 aromatic rings. The number of hydrogen-bond donors (Lipinski definition) is 1. The molecular weight excluding hydrogens is 427 g/mol. The summed E-state index contributed by atoms with van der Waals surface area (Å²) >= 11 is 1.54. The van der Waals surface area contributed by atoms with Gasteiger partial charge in [0.2, 0.25) is 0 Å². The molecule has 1 aromatic heterocycles. The fourth-order valence-corrected chi connectivity index (χ4v) is 4.91. The molecule has 0 bridgehead atoms. The summed E-state index contributed by atoms with van der Waals surface area (Å²) in [6.45, 7) is 2.34. The van der Waals surface area contributed by atoms with Crippen LogP contribution in [0.5, 0.6) is 5.75 Å². The molecule has 0 spiro atoms. The third kappa shape index (κ3) is 4.80. The second-order valence-electron chi connectivity index (χ2n) is 6.67. The van der Waals surface area contributed by atoms with E-state index in [-0.39, 0.29) is 11.3 Å². The van der Waals surface area contributed by atoms with Crippen LogP contribution >= 0.6 is 11.3 Å². The van der Waals surface area contributed by atoms with Crippen molar-refractivity contribution in [3.8, 4) is 5.75 Å². The summed E-state index contributed by atoms with van der Waals surface area (Å²) < 4.78 is 47.1. The van der Waals surface area contributed by atoms with Crippen LogP contribution in [0.1, 0.15) is 20.8 Å². The number of hydrogen-bond acceptors (Lipinski definition) is 5. The van der Waals surface area contributed by atoms with E-state index in [1.165, 1.54) is 41.5 Å². The fourth-order valence-electron chi connectivity index (χ4n) is 2.79. The van der Waals surface area contributed by atoms with E-state index in [4.69, 9.17) is 4.74 Å². The molecule has 0 aliphatic rings. The zero-order chi connectivity index (χ0) is 21.9. The summed E-state index contributed by atoms with van der Waals surface area (Å²) in [7, 11) is -1.12. The highest BCUT2D eigenvalue weighted by molar-refractivity contribution is 7.92. The van der Waals surface area contributed by atoms with Crippen molar-refractivity contribution < 1.29 is 22.3 Å². The van der Waals surface area contributed by atoms with E-state index in [0.29, 0.717) is 12.3 Å². The number of thiophene rings is 1. The van der Waals surface area contributed by atoms with Crippen molar-refractivity contribution in [3.05, 3.63) is 75.7 Å². The first-order valence-electron chi connectivity index (χ1n) is 8.96. The highest BCUT2D eigenvalue weighted by Gasteiger charge is 2.23. The quantitative estimate of drug-likeness (QED) is 0.586. The highest BCUT2D eigenvalue weighted by Crippen LogP contribution is 2.23. The average Bonchev–Trinajstić information content (AvgIpc) is 3.12. The van der Waals surface area contributed by atoms with E-state index < -0.39 is 26.6 Å². The van der Waals surface area contributed by atoms with Crippen LogP contribution < -0.4 is 9.46 Å². The number of aryl methyl sites for hydroxylation is 1. The summed E-state index contributed by atoms with van der Waals surface area (Å²) in [4.78, 5) is 14.7. The number of carbonyl (C=O) groups is 1. The van der Waals surface area contributed by atoms with Gasteiger partial charge in [0.1, 0.15) is 16.5 Å². The van der Waals surface area contributed by atoms with Gasteiger partial charge in [-0.2, -0.15) is 0 Å². The molecule has 1 heterocycles. The fraction of sp³-hybridized carbons (Fsp3) is 0.190. The molecule has 0 saturated heterocycles. The molecule has 1 N–H and O–H groups in total. The van der Waals surface area contributed by atoms with Gasteiger partial charge in [0.05, 0.1) is 13.7 Å². The lowest BCUT2D eigenvalue weighted by molar-refractivity contribution is 0.0786. The lowest BCUT2D eigenvalue weighted by Gasteiger charge is -2.18. The summed E-state index contributed by atoms with van der Waals surface area (Å²) in [6, 6.07) is 11.4. The van der Waals surface area contributed by atoms with Gasteiger partial charge in [0.25, 0.3) is 15.9 Å². The topological polar surface area (TPSA) is 75.7 Å². The Hall–Kier alpha value is -2.91. The summed E-state index contributed by atoms with van der Waals surface area (Å²) in [6.07, 6.45) is 0. The van der Waals surface area contributed by atoms with E-state index in [2.05, 4.69) is 4.72 Å². The monoisotopic (exact) mass is 448 g/mol. The molecule has 0 atom stereocenters. The average molecular weight is 449 g/mol. The lowest BCUT2D eigenvalue weighted by Crippen LogP contribution is -2.26. The maximum Gasteiger partial charge on any atom is 0.264 e. The van der Waals surface area contributed by atoms with Gasteiger partial charge in [-0.25, -0.2) is 12.8 Å². The molecule has 9 heteroatoms. The van der Waals surface area contributed by atoms with E-state index >= 15 is 0 Å². The lowest BCUT2D eigenvalue weighted by atomic mass is 10.2. The number of anilines is 1. The number of amides is 1. The van der Waals surface area contributed by atoms with Gasteiger partial charge >= 0.3 is 0 Å². The maximum absolute atomic E-state index is 14.3. The SMILES string of the molecule is COc1ccc(NS(=O)(=O)c2cc(C(=O)N(C)Cc3sccc3C)ccc2F)cc1. The van der Waals surface area contributed by atoms with Gasteiger partial charge in [-0.05, 0) is 66.4 Å². The zero-order valence-electron chi connectivity index (χ0n) is 16.7. The van der Waals surface area contributed by atoms with Crippen molar-refractivity contribution in [3.63, 3.8) is 0 Å². The molecule has 6 nitrogen and oxygen atoms in total. The van der Waals surface area contributed by atoms with Crippen molar-refractivity contribution >= 4 is 33.0 Å². The first kappa shape index (κ1) is 21.8. The van der Waals surface area contributed by atoms with Crippen molar-refractivity contribution in [2.45, 2.75) is 18.4 Å². The Kier molecular flexibility index (Phi) is 6.42. The van der Waals surface area contributed by atoms with Gasteiger partial charge in [0.15, 0.2) is 0 Å². The summed E-state index contributed by atoms with van der Waals surface area (Å²) in [5.41, 5.74) is 1.41. The molecule has 0 fully saturated rings. The van der Waals surface area contributed by atoms with Crippen molar-refractivity contribution in [1.29, 1.82) is 0 Å². The number of rotatable bonds is 7. The van der Waals surface area contributed by atoms with Gasteiger partial charge in [-0.3, -0.25) is 9.52 Å². The smallest absolute Gasteiger partial charge is 0.264 e. The molecule has 0 aliphatic heterocycles. The molecule has 30 heavy (non-hydrogen) atoms. The van der Waals surface area contributed by atoms with Crippen LogP contribution in [0.25, 0.3) is 0 Å². The standard InChI is InChI=1S/C21H21FN2O4S2/c1-14-10-11-29-19(14)13-24(2)21(25)15-4-9-18(22)20(12-15)30(26,27)23-16-5-7-17(28-3)8-6-16/h4-12,23H,13H2,1-3H3. The first-order chi connectivity index (χ1) is 14.2. The van der Waals surface area contributed by atoms with Crippen molar-refractivity contribution in [1.82, 2.24) is 4.90 Å². The molecule has 158 valence electrons. The Morgan fingerprint density at radius 3 is 2.47 bits per heavy atom. The van der Waals surface area contributed by atoms with Crippen LogP contribution in [0.2, 0.25) is 0 Å². The van der Waals surface area contributed by atoms with E-state index in [0.717, 1.165) is 22.6 Å². The minimum absolute atomic E-state index is 0.0863. The zero-order valence-corrected chi connectivity index (χ0v) is 18.3. The van der Waals surface area contributed by atoms with Crippen LogP contribution in [0, 0.1) is 12.7 Å². The highest BCUT2D eigenvalue weighted by atomic mass is 32.2. The number of ether oxygens (including phenoxy) is 1. The first-order valence-corrected chi connectivity index (χ1v) is 11.3. The molecular formula is C21H21FN2O4S2. The molecule has 0 radical (unpaired) electrons. The Bertz CT molecular complexity index is 1160. The third-order valence-electron chi connectivity index (χ3n) is 4.51. The van der Waals surface area contributed by atoms with Crippen LogP contribution in [0.3, 0.4) is 0 Å². The Labute approximate surface area is 179 Å². The molecule has 3 rings (SSSR count). The molecule has 1 amide bonds. The molecule has 0 aliphatic carbocycles. The summed E-state index contributed by atoms with van der Waals surface area (Å²) in [5.74, 6) is -0.784. The predicted molar refractivity (Wildman–Crippen MR) is 115 cm³/mol. The summed E-state index contributed by atoms with van der Waals surface area (Å²) in [5, 5.41) is 1.94. The predicted octanol–water partition coefficient (Wildman–Crippen LogP) is 4.28. The maximum atomic E-state index is 14.3. The Morgan fingerprint density at radius 1 is 1.17 bits per heavy atom. The number of nitrogens with one attached hydrogen (secondary N) is 1. The van der Waals surface area contributed by atoms with Crippen molar-refractivity contribution in [2.24, 2.45) is 0 Å². The minimum Gasteiger partial charge on any atom is -0.497 e. The number of benzene rings is 2. The van der Waals surface area contributed by atoms with Crippen LogP contribution in [0.15, 0.2) is 58.8 Å². The number of sulfonamides is 1. The van der Waals surface area contributed by atoms with Gasteiger partial charge < -0.3 is 9.64 Å². The van der Waals surface area contributed by atoms with Gasteiger partial charge in [-0.1, -0.05) is 0 Å². The van der Waals surface area contributed by atoms with E-state index in [9.17, 15) is 17.6 Å². The number of carbonyl (C=O) groups excluding carboxylic acids is 1. The van der Waals surface area contributed by atoms with E-state index in [1.807, 2.05) is 18.4 Å². The number of methoxy groups -OCH3 is 1. The van der Waals surface area contributed by atoms with Crippen molar-refractivity contribution in [2.75, 3.05) is 18.9 Å². The van der Waals surface area contributed by atoms with Gasteiger partial charge in [-0.15, -0.1) is 11.3 Å². The molecule has 0 unspecified atom stereocenters. The third-order valence-corrected chi connectivity index (χ3v) is 6.91. The van der Waals surface area contributed by atoms with Crippen LogP contribution in [-0.2, 0) is 16.6 Å². The van der Waals surface area contributed by atoms with E-state index in [1.54, 1.807) is 19.2 Å². The Balaban J connectivity index is 1.84. The second kappa shape index (κ2) is 8.85. The normalized spacial score (nSPS) is 11.2. The second-order valence-corrected chi connectivity index (χ2v) is 9.32. The van der Waals surface area contributed by atoms with Crippen LogP contribution in [0.4, 0.5) is 10.1 Å². The minimum atomic E-state index is -4.24. The van der Waals surface area contributed by atoms with Crippen LogP contribution in [-0.4, -0.2) is 33.4 Å². The molecule has 2 aromatic carbocycles. The Morgan fingerprint density at radius 2 is 1.87 bits per heavy atom.